The Morgan fingerprint density at radius 2 is 1.88 bits per heavy atom. The van der Waals surface area contributed by atoms with Gasteiger partial charge in [0.15, 0.2) is 11.4 Å². The van der Waals surface area contributed by atoms with Crippen molar-refractivity contribution < 1.29 is 4.42 Å². The number of aromatic nitrogens is 2. The second-order valence-electron chi connectivity index (χ2n) is 8.08. The lowest BCUT2D eigenvalue weighted by Gasteiger charge is -2.20. The van der Waals surface area contributed by atoms with E-state index in [0.717, 1.165) is 60.4 Å². The Labute approximate surface area is 142 Å². The Bertz CT molecular complexity index is 786. The SMILES string of the molecule is CC1CCc2oc3c(N4CC5CN(C)CC5C4)nc(N)nc3c2C1. The summed E-state index contributed by atoms with van der Waals surface area (Å²) in [6.45, 7) is 6.74. The number of hydrogen-bond donors (Lipinski definition) is 1. The first kappa shape index (κ1) is 14.5. The number of nitrogen functional groups attached to an aromatic ring is 1. The monoisotopic (exact) mass is 327 g/mol. The van der Waals surface area contributed by atoms with Gasteiger partial charge in [0, 0.05) is 38.2 Å². The van der Waals surface area contributed by atoms with Crippen molar-refractivity contribution in [1.29, 1.82) is 0 Å². The van der Waals surface area contributed by atoms with Crippen molar-refractivity contribution >= 4 is 22.9 Å². The number of rotatable bonds is 1. The number of fused-ring (bicyclic) bond motifs is 4. The van der Waals surface area contributed by atoms with Gasteiger partial charge in [0.25, 0.3) is 0 Å². The number of nitrogens with zero attached hydrogens (tertiary/aromatic N) is 4. The van der Waals surface area contributed by atoms with Crippen LogP contribution in [0.25, 0.3) is 11.1 Å². The Balaban J connectivity index is 1.57. The number of hydrogen-bond acceptors (Lipinski definition) is 6. The molecular weight excluding hydrogens is 302 g/mol. The van der Waals surface area contributed by atoms with Crippen LogP contribution in [0.5, 0.6) is 0 Å². The summed E-state index contributed by atoms with van der Waals surface area (Å²) in [7, 11) is 2.21. The van der Waals surface area contributed by atoms with Crippen molar-refractivity contribution in [3.63, 3.8) is 0 Å². The minimum atomic E-state index is 0.369. The molecule has 0 bridgehead atoms. The molecule has 128 valence electrons. The first-order valence-corrected chi connectivity index (χ1v) is 9.09. The molecule has 0 aromatic carbocycles. The van der Waals surface area contributed by atoms with Gasteiger partial charge in [-0.05, 0) is 37.6 Å². The molecule has 6 nitrogen and oxygen atoms in total. The zero-order chi connectivity index (χ0) is 16.4. The molecule has 3 unspecified atom stereocenters. The second kappa shape index (κ2) is 5.09. The smallest absolute Gasteiger partial charge is 0.222 e. The summed E-state index contributed by atoms with van der Waals surface area (Å²) in [6, 6.07) is 0. The van der Waals surface area contributed by atoms with Gasteiger partial charge in [-0.25, -0.2) is 4.98 Å². The van der Waals surface area contributed by atoms with E-state index in [2.05, 4.69) is 33.7 Å². The average Bonchev–Trinajstić information content (AvgIpc) is 3.17. The van der Waals surface area contributed by atoms with Crippen molar-refractivity contribution in [2.24, 2.45) is 17.8 Å². The molecule has 1 aliphatic carbocycles. The molecule has 2 aromatic rings. The van der Waals surface area contributed by atoms with E-state index in [0.29, 0.717) is 11.9 Å². The van der Waals surface area contributed by atoms with Crippen LogP contribution in [-0.4, -0.2) is 48.1 Å². The van der Waals surface area contributed by atoms with Crippen molar-refractivity contribution in [1.82, 2.24) is 14.9 Å². The summed E-state index contributed by atoms with van der Waals surface area (Å²) in [5, 5.41) is 0. The maximum Gasteiger partial charge on any atom is 0.222 e. The predicted octanol–water partition coefficient (Wildman–Crippen LogP) is 1.93. The van der Waals surface area contributed by atoms with E-state index < -0.39 is 0 Å². The van der Waals surface area contributed by atoms with E-state index in [9.17, 15) is 0 Å². The molecular formula is C18H25N5O. The molecule has 0 radical (unpaired) electrons. The first-order valence-electron chi connectivity index (χ1n) is 9.09. The van der Waals surface area contributed by atoms with Crippen LogP contribution in [0.3, 0.4) is 0 Å². The predicted molar refractivity (Wildman–Crippen MR) is 94.1 cm³/mol. The molecule has 3 aliphatic rings. The molecule has 0 spiro atoms. The first-order chi connectivity index (χ1) is 11.6. The molecule has 2 N–H and O–H groups in total. The van der Waals surface area contributed by atoms with Crippen LogP contribution in [0.15, 0.2) is 4.42 Å². The summed E-state index contributed by atoms with van der Waals surface area (Å²) in [5.74, 6) is 4.52. The lowest BCUT2D eigenvalue weighted by atomic mass is 9.89. The highest BCUT2D eigenvalue weighted by Gasteiger charge is 2.40. The Morgan fingerprint density at radius 3 is 2.62 bits per heavy atom. The van der Waals surface area contributed by atoms with Crippen LogP contribution in [0.2, 0.25) is 0 Å². The second-order valence-corrected chi connectivity index (χ2v) is 8.08. The molecule has 2 aliphatic heterocycles. The summed E-state index contributed by atoms with van der Waals surface area (Å²) >= 11 is 0. The van der Waals surface area contributed by atoms with E-state index in [-0.39, 0.29) is 0 Å². The van der Waals surface area contributed by atoms with Crippen LogP contribution in [0.1, 0.15) is 24.7 Å². The fraction of sp³-hybridized carbons (Fsp3) is 0.667. The lowest BCUT2D eigenvalue weighted by molar-refractivity contribution is 0.386. The van der Waals surface area contributed by atoms with Crippen LogP contribution in [0.4, 0.5) is 11.8 Å². The number of nitrogens with two attached hydrogens (primary N) is 1. The number of anilines is 2. The summed E-state index contributed by atoms with van der Waals surface area (Å²) in [4.78, 5) is 13.9. The fourth-order valence-electron chi connectivity index (χ4n) is 4.93. The van der Waals surface area contributed by atoms with Crippen molar-refractivity contribution in [2.75, 3.05) is 43.9 Å². The summed E-state index contributed by atoms with van der Waals surface area (Å²) in [6.07, 6.45) is 3.22. The van der Waals surface area contributed by atoms with E-state index in [1.165, 1.54) is 25.1 Å². The van der Waals surface area contributed by atoms with Gasteiger partial charge in [0.05, 0.1) is 0 Å². The molecule has 0 saturated carbocycles. The molecule has 2 aromatic heterocycles. The third-order valence-electron chi connectivity index (χ3n) is 6.10. The number of likely N-dealkylation sites (tertiary alicyclic amines) is 1. The minimum Gasteiger partial charge on any atom is -0.455 e. The third-order valence-corrected chi connectivity index (χ3v) is 6.10. The van der Waals surface area contributed by atoms with Crippen molar-refractivity contribution in [3.05, 3.63) is 11.3 Å². The van der Waals surface area contributed by atoms with Gasteiger partial charge in [-0.1, -0.05) is 6.92 Å². The minimum absolute atomic E-state index is 0.369. The Kier molecular flexibility index (Phi) is 3.08. The van der Waals surface area contributed by atoms with Crippen LogP contribution < -0.4 is 10.6 Å². The van der Waals surface area contributed by atoms with Crippen LogP contribution >= 0.6 is 0 Å². The molecule has 0 amide bonds. The van der Waals surface area contributed by atoms with Gasteiger partial charge in [-0.2, -0.15) is 4.98 Å². The van der Waals surface area contributed by atoms with Gasteiger partial charge >= 0.3 is 0 Å². The van der Waals surface area contributed by atoms with Gasteiger partial charge in [-0.15, -0.1) is 0 Å². The fourth-order valence-corrected chi connectivity index (χ4v) is 4.93. The molecule has 4 heterocycles. The Hall–Kier alpha value is -1.82. The van der Waals surface area contributed by atoms with Gasteiger partial charge in [-0.3, -0.25) is 0 Å². The highest BCUT2D eigenvalue weighted by atomic mass is 16.3. The summed E-state index contributed by atoms with van der Waals surface area (Å²) < 4.78 is 6.25. The van der Waals surface area contributed by atoms with E-state index in [4.69, 9.17) is 10.2 Å². The van der Waals surface area contributed by atoms with Gasteiger partial charge in [0.2, 0.25) is 5.95 Å². The van der Waals surface area contributed by atoms with Gasteiger partial charge < -0.3 is 20.0 Å². The number of furan rings is 1. The van der Waals surface area contributed by atoms with Crippen molar-refractivity contribution in [2.45, 2.75) is 26.2 Å². The topological polar surface area (TPSA) is 71.4 Å². The molecule has 24 heavy (non-hydrogen) atoms. The molecule has 6 heteroatoms. The molecule has 2 fully saturated rings. The highest BCUT2D eigenvalue weighted by Crippen LogP contribution is 2.40. The largest absolute Gasteiger partial charge is 0.455 e. The van der Waals surface area contributed by atoms with E-state index in [1.807, 2.05) is 0 Å². The standard InChI is InChI=1S/C18H25N5O/c1-10-3-4-14-13(5-10)15-16(24-14)17(21-18(19)20-15)23-8-11-6-22(2)7-12(11)9-23/h10-12H,3-9H2,1-2H3,(H2,19,20,21). The normalized spacial score (nSPS) is 30.1. The highest BCUT2D eigenvalue weighted by molar-refractivity contribution is 5.89. The zero-order valence-corrected chi connectivity index (χ0v) is 14.5. The maximum absolute atomic E-state index is 6.25. The number of aryl methyl sites for hydroxylation is 1. The average molecular weight is 327 g/mol. The van der Waals surface area contributed by atoms with Crippen LogP contribution in [0, 0.1) is 17.8 Å². The third kappa shape index (κ3) is 2.12. The van der Waals surface area contributed by atoms with E-state index in [1.54, 1.807) is 0 Å². The maximum atomic E-state index is 6.25. The zero-order valence-electron chi connectivity index (χ0n) is 14.5. The summed E-state index contributed by atoms with van der Waals surface area (Å²) in [5.41, 5.74) is 9.13. The van der Waals surface area contributed by atoms with Crippen LogP contribution in [-0.2, 0) is 12.8 Å². The van der Waals surface area contributed by atoms with E-state index >= 15 is 0 Å². The molecule has 5 rings (SSSR count). The quantitative estimate of drug-likeness (QED) is 0.863. The molecule has 2 saturated heterocycles. The van der Waals surface area contributed by atoms with Crippen molar-refractivity contribution in [3.8, 4) is 0 Å². The Morgan fingerprint density at radius 1 is 1.12 bits per heavy atom. The molecule has 3 atom stereocenters. The lowest BCUT2D eigenvalue weighted by Crippen LogP contribution is -2.27. The van der Waals surface area contributed by atoms with Gasteiger partial charge in [0.1, 0.15) is 11.3 Å².